The SMILES string of the molecule is CCOc1cc2ncc(C#N)c(Nc3ccc(F)c(Cl)c3)c2cc1NC(=O)C(C#N)=Cc1ccc(C(F)(F)F)cc1. The van der Waals surface area contributed by atoms with Gasteiger partial charge < -0.3 is 15.4 Å². The van der Waals surface area contributed by atoms with Crippen molar-refractivity contribution in [3.63, 3.8) is 0 Å². The van der Waals surface area contributed by atoms with Crippen molar-refractivity contribution in [2.45, 2.75) is 13.1 Å². The molecule has 1 aromatic heterocycles. The number of carbonyl (C=O) groups excluding carboxylic acids is 1. The number of rotatable bonds is 7. The highest BCUT2D eigenvalue weighted by molar-refractivity contribution is 6.31. The number of benzene rings is 3. The first kappa shape index (κ1) is 28.9. The summed E-state index contributed by atoms with van der Waals surface area (Å²) in [7, 11) is 0. The largest absolute Gasteiger partial charge is 0.492 e. The fraction of sp³-hybridized carbons (Fsp3) is 0.103. The van der Waals surface area contributed by atoms with Gasteiger partial charge in [-0.25, -0.2) is 4.39 Å². The number of pyridine rings is 1. The van der Waals surface area contributed by atoms with Gasteiger partial charge in [0, 0.05) is 23.3 Å². The number of fused-ring (bicyclic) bond motifs is 1. The Bertz CT molecular complexity index is 1760. The Kier molecular flexibility index (Phi) is 8.41. The average molecular weight is 580 g/mol. The van der Waals surface area contributed by atoms with E-state index in [4.69, 9.17) is 16.3 Å². The minimum Gasteiger partial charge on any atom is -0.492 e. The van der Waals surface area contributed by atoms with Crippen LogP contribution in [-0.2, 0) is 11.0 Å². The lowest BCUT2D eigenvalue weighted by Crippen LogP contribution is -2.14. The van der Waals surface area contributed by atoms with E-state index in [1.807, 2.05) is 6.07 Å². The van der Waals surface area contributed by atoms with Crippen LogP contribution in [0.4, 0.5) is 34.6 Å². The first-order valence-corrected chi connectivity index (χ1v) is 12.2. The number of nitriles is 2. The topological polar surface area (TPSA) is 111 Å². The van der Waals surface area contributed by atoms with Crippen molar-refractivity contribution in [3.05, 3.63) is 93.9 Å². The molecule has 7 nitrogen and oxygen atoms in total. The maximum absolute atomic E-state index is 13.7. The summed E-state index contributed by atoms with van der Waals surface area (Å²) in [6, 6.07) is 14.7. The van der Waals surface area contributed by atoms with E-state index in [0.29, 0.717) is 22.3 Å². The second-order valence-electron chi connectivity index (χ2n) is 8.45. The second kappa shape index (κ2) is 11.9. The monoisotopic (exact) mass is 579 g/mol. The lowest BCUT2D eigenvalue weighted by molar-refractivity contribution is -0.137. The number of nitrogens with zero attached hydrogens (tertiary/aromatic N) is 3. The maximum Gasteiger partial charge on any atom is 0.416 e. The molecule has 0 saturated heterocycles. The summed E-state index contributed by atoms with van der Waals surface area (Å²) in [5, 5.41) is 25.2. The molecular formula is C29H18ClF4N5O2. The summed E-state index contributed by atoms with van der Waals surface area (Å²) in [6.07, 6.45) is -2.04. The number of ether oxygens (including phenoxy) is 1. The van der Waals surface area contributed by atoms with Crippen molar-refractivity contribution in [2.24, 2.45) is 0 Å². The lowest BCUT2D eigenvalue weighted by Gasteiger charge is -2.16. The van der Waals surface area contributed by atoms with Gasteiger partial charge in [0.15, 0.2) is 0 Å². The number of nitrogens with one attached hydrogen (secondary N) is 2. The van der Waals surface area contributed by atoms with Crippen LogP contribution in [0.2, 0.25) is 5.02 Å². The van der Waals surface area contributed by atoms with Crippen LogP contribution >= 0.6 is 11.6 Å². The molecule has 0 unspecified atom stereocenters. The van der Waals surface area contributed by atoms with Gasteiger partial charge in [0.1, 0.15) is 29.3 Å². The number of aromatic nitrogens is 1. The van der Waals surface area contributed by atoms with Crippen LogP contribution < -0.4 is 15.4 Å². The molecule has 0 atom stereocenters. The molecule has 206 valence electrons. The molecule has 0 aliphatic carbocycles. The zero-order valence-electron chi connectivity index (χ0n) is 21.1. The smallest absolute Gasteiger partial charge is 0.416 e. The molecule has 0 spiro atoms. The van der Waals surface area contributed by atoms with Gasteiger partial charge in [0.2, 0.25) is 0 Å². The minimum atomic E-state index is -4.53. The predicted molar refractivity (Wildman–Crippen MR) is 146 cm³/mol. The zero-order valence-corrected chi connectivity index (χ0v) is 21.9. The summed E-state index contributed by atoms with van der Waals surface area (Å²) in [5.74, 6) is -1.26. The standard InChI is InChI=1S/C29H18ClF4N5O2/c1-2-41-26-12-24-21(27(18(14-36)15-37-24)38-20-7-8-23(31)22(30)10-20)11-25(26)39-28(40)17(13-35)9-16-3-5-19(6-4-16)29(32,33)34/h3-12,15H,2H2,1H3,(H,37,38)(H,39,40). The number of hydrogen-bond donors (Lipinski definition) is 2. The highest BCUT2D eigenvalue weighted by Crippen LogP contribution is 2.37. The van der Waals surface area contributed by atoms with Crippen molar-refractivity contribution in [2.75, 3.05) is 17.2 Å². The first-order chi connectivity index (χ1) is 19.5. The van der Waals surface area contributed by atoms with Gasteiger partial charge in [0.25, 0.3) is 5.91 Å². The minimum absolute atomic E-state index is 0.134. The van der Waals surface area contributed by atoms with Crippen molar-refractivity contribution < 1.29 is 27.1 Å². The number of hydrogen-bond acceptors (Lipinski definition) is 6. The van der Waals surface area contributed by atoms with Crippen LogP contribution in [0, 0.1) is 28.5 Å². The van der Waals surface area contributed by atoms with Crippen LogP contribution in [0.5, 0.6) is 5.75 Å². The zero-order chi connectivity index (χ0) is 29.7. The van der Waals surface area contributed by atoms with E-state index < -0.39 is 23.5 Å². The molecule has 1 heterocycles. The van der Waals surface area contributed by atoms with Gasteiger partial charge in [-0.1, -0.05) is 23.7 Å². The molecule has 2 N–H and O–H groups in total. The summed E-state index contributed by atoms with van der Waals surface area (Å²) in [5.41, 5.74) is 0.297. The fourth-order valence-corrected chi connectivity index (χ4v) is 3.98. The Morgan fingerprint density at radius 2 is 1.85 bits per heavy atom. The molecule has 4 rings (SSSR count). The van der Waals surface area contributed by atoms with Crippen LogP contribution in [-0.4, -0.2) is 17.5 Å². The molecule has 0 aliphatic rings. The molecule has 1 amide bonds. The Morgan fingerprint density at radius 1 is 1.12 bits per heavy atom. The van der Waals surface area contributed by atoms with Crippen LogP contribution in [0.15, 0.2) is 66.4 Å². The van der Waals surface area contributed by atoms with Gasteiger partial charge in [-0.2, -0.15) is 23.7 Å². The van der Waals surface area contributed by atoms with Crippen molar-refractivity contribution in [1.82, 2.24) is 4.98 Å². The summed E-state index contributed by atoms with van der Waals surface area (Å²) in [4.78, 5) is 17.4. The van der Waals surface area contributed by atoms with Gasteiger partial charge in [-0.05, 0) is 55.0 Å². The summed E-state index contributed by atoms with van der Waals surface area (Å²) in [6.45, 7) is 1.94. The Balaban J connectivity index is 1.74. The highest BCUT2D eigenvalue weighted by Gasteiger charge is 2.30. The molecule has 0 aliphatic heterocycles. The van der Waals surface area contributed by atoms with E-state index in [2.05, 4.69) is 15.6 Å². The molecule has 0 radical (unpaired) electrons. The molecule has 4 aromatic rings. The van der Waals surface area contributed by atoms with Crippen molar-refractivity contribution in [3.8, 4) is 17.9 Å². The van der Waals surface area contributed by atoms with Crippen LogP contribution in [0.25, 0.3) is 17.0 Å². The Labute approximate surface area is 236 Å². The third kappa shape index (κ3) is 6.55. The molecule has 3 aromatic carbocycles. The van der Waals surface area contributed by atoms with Gasteiger partial charge in [-0.15, -0.1) is 0 Å². The summed E-state index contributed by atoms with van der Waals surface area (Å²) < 4.78 is 57.9. The van der Waals surface area contributed by atoms with E-state index in [-0.39, 0.29) is 39.8 Å². The van der Waals surface area contributed by atoms with Crippen LogP contribution in [0.1, 0.15) is 23.6 Å². The molecule has 41 heavy (non-hydrogen) atoms. The van der Waals surface area contributed by atoms with Crippen molar-refractivity contribution in [1.29, 1.82) is 10.5 Å². The van der Waals surface area contributed by atoms with Crippen LogP contribution in [0.3, 0.4) is 0 Å². The van der Waals surface area contributed by atoms with E-state index in [1.54, 1.807) is 13.0 Å². The molecule has 0 bridgehead atoms. The predicted octanol–water partition coefficient (Wildman–Crippen LogP) is 7.61. The highest BCUT2D eigenvalue weighted by atomic mass is 35.5. The Morgan fingerprint density at radius 3 is 2.46 bits per heavy atom. The maximum atomic E-state index is 13.7. The number of amides is 1. The van der Waals surface area contributed by atoms with E-state index in [1.165, 1.54) is 30.5 Å². The number of anilines is 3. The first-order valence-electron chi connectivity index (χ1n) is 11.9. The van der Waals surface area contributed by atoms with E-state index in [9.17, 15) is 32.9 Å². The normalized spacial score (nSPS) is 11.5. The van der Waals surface area contributed by atoms with Gasteiger partial charge in [-0.3, -0.25) is 9.78 Å². The third-order valence-corrected chi connectivity index (χ3v) is 6.03. The molecule has 0 saturated carbocycles. The number of carbonyl (C=O) groups is 1. The molecule has 0 fully saturated rings. The second-order valence-corrected chi connectivity index (χ2v) is 8.86. The average Bonchev–Trinajstić information content (AvgIpc) is 2.94. The molecular weight excluding hydrogens is 562 g/mol. The fourth-order valence-electron chi connectivity index (χ4n) is 3.80. The van der Waals surface area contributed by atoms with E-state index >= 15 is 0 Å². The summed E-state index contributed by atoms with van der Waals surface area (Å²) >= 11 is 5.90. The number of halogens is 5. The molecule has 12 heteroatoms. The lowest BCUT2D eigenvalue weighted by atomic mass is 10.1. The Hall–Kier alpha value is -5.13. The van der Waals surface area contributed by atoms with Gasteiger partial charge >= 0.3 is 6.18 Å². The van der Waals surface area contributed by atoms with Gasteiger partial charge in [0.05, 0.1) is 39.6 Å². The number of alkyl halides is 3. The van der Waals surface area contributed by atoms with Crippen molar-refractivity contribution >= 4 is 51.5 Å². The quantitative estimate of drug-likeness (QED) is 0.132. The van der Waals surface area contributed by atoms with E-state index in [0.717, 1.165) is 36.4 Å². The third-order valence-electron chi connectivity index (χ3n) is 5.74.